The van der Waals surface area contributed by atoms with Gasteiger partial charge in [0.2, 0.25) is 17.7 Å². The van der Waals surface area contributed by atoms with Crippen LogP contribution in [0.3, 0.4) is 0 Å². The average Bonchev–Trinajstić information content (AvgIpc) is 2.60. The van der Waals surface area contributed by atoms with Crippen molar-refractivity contribution in [1.82, 2.24) is 10.6 Å². The van der Waals surface area contributed by atoms with E-state index in [0.717, 1.165) is 0 Å². The molecule has 0 saturated carbocycles. The lowest BCUT2D eigenvalue weighted by Crippen LogP contribution is -2.54. The Labute approximate surface area is 179 Å². The molecule has 0 aliphatic rings. The van der Waals surface area contributed by atoms with E-state index < -0.39 is 43.9 Å². The van der Waals surface area contributed by atoms with Crippen LogP contribution in [0.4, 0.5) is 4.39 Å². The van der Waals surface area contributed by atoms with Gasteiger partial charge in [-0.05, 0) is 42.2 Å². The fraction of sp³-hybridized carbons (Fsp3) is 0.571. The van der Waals surface area contributed by atoms with Gasteiger partial charge in [-0.2, -0.15) is 0 Å². The average molecular weight is 440 g/mol. The van der Waals surface area contributed by atoms with Gasteiger partial charge in [-0.15, -0.1) is 0 Å². The number of nitrogens with two attached hydrogens (primary N) is 1. The molecule has 0 spiro atoms. The first-order valence-corrected chi connectivity index (χ1v) is 12.9. The third-order valence-corrected chi connectivity index (χ3v) is 9.92. The van der Waals surface area contributed by atoms with Gasteiger partial charge in [0.15, 0.2) is 8.32 Å². The number of carbonyl (C=O) groups is 3. The van der Waals surface area contributed by atoms with Crippen LogP contribution in [0.15, 0.2) is 24.3 Å². The summed E-state index contributed by atoms with van der Waals surface area (Å²) in [6.45, 7) is 12.1. The number of carbonyl (C=O) groups excluding carboxylic acids is 3. The predicted molar refractivity (Wildman–Crippen MR) is 117 cm³/mol. The molecule has 1 aromatic carbocycles. The summed E-state index contributed by atoms with van der Waals surface area (Å²) in [5.41, 5.74) is 6.13. The molecule has 0 saturated heterocycles. The highest BCUT2D eigenvalue weighted by Gasteiger charge is 2.37. The van der Waals surface area contributed by atoms with Crippen molar-refractivity contribution in [3.63, 3.8) is 0 Å². The van der Waals surface area contributed by atoms with Crippen LogP contribution in [0.25, 0.3) is 0 Å². The van der Waals surface area contributed by atoms with Gasteiger partial charge in [0.25, 0.3) is 0 Å². The Morgan fingerprint density at radius 3 is 2.13 bits per heavy atom. The second-order valence-electron chi connectivity index (χ2n) is 8.94. The van der Waals surface area contributed by atoms with Crippen molar-refractivity contribution in [3.8, 4) is 0 Å². The molecule has 1 aromatic rings. The van der Waals surface area contributed by atoms with Crippen molar-refractivity contribution in [2.75, 3.05) is 6.61 Å². The van der Waals surface area contributed by atoms with E-state index in [2.05, 4.69) is 44.5 Å². The van der Waals surface area contributed by atoms with Crippen LogP contribution in [0, 0.1) is 5.82 Å². The highest BCUT2D eigenvalue weighted by Crippen LogP contribution is 2.36. The molecule has 0 aliphatic carbocycles. The zero-order chi connectivity index (χ0) is 23.1. The molecule has 168 valence electrons. The maximum atomic E-state index is 13.1. The van der Waals surface area contributed by atoms with E-state index in [1.807, 2.05) is 0 Å². The van der Waals surface area contributed by atoms with E-state index in [0.29, 0.717) is 5.56 Å². The third-order valence-electron chi connectivity index (χ3n) is 5.38. The number of hydrogen-bond donors (Lipinski definition) is 3. The summed E-state index contributed by atoms with van der Waals surface area (Å²) in [6, 6.07) is 3.79. The van der Waals surface area contributed by atoms with Crippen LogP contribution in [0.2, 0.25) is 18.1 Å². The van der Waals surface area contributed by atoms with Gasteiger partial charge < -0.3 is 20.8 Å². The molecule has 4 N–H and O–H groups in total. The summed E-state index contributed by atoms with van der Waals surface area (Å²) >= 11 is 0. The third kappa shape index (κ3) is 8.23. The van der Waals surface area contributed by atoms with Crippen molar-refractivity contribution < 1.29 is 23.2 Å². The number of benzene rings is 1. The minimum Gasteiger partial charge on any atom is -0.417 e. The normalized spacial score (nSPS) is 14.0. The first-order valence-electron chi connectivity index (χ1n) is 9.98. The SMILES string of the molecule is CC(=O)N[C@@H](Cc1ccc(F)cc1)C(=O)N[C@H](CCO[Si](C)(C)C(C)(C)C)C(N)=O. The number of halogens is 1. The Kier molecular flexibility index (Phi) is 9.17. The first kappa shape index (κ1) is 25.8. The largest absolute Gasteiger partial charge is 0.417 e. The zero-order valence-corrected chi connectivity index (χ0v) is 19.7. The Hall–Kier alpha value is -2.26. The van der Waals surface area contributed by atoms with Crippen LogP contribution >= 0.6 is 0 Å². The van der Waals surface area contributed by atoms with Crippen molar-refractivity contribution in [2.24, 2.45) is 5.73 Å². The molecule has 0 radical (unpaired) electrons. The molecule has 0 heterocycles. The number of amides is 3. The molecule has 9 heteroatoms. The molecule has 0 fully saturated rings. The molecular formula is C21H34FN3O4Si. The van der Waals surface area contributed by atoms with E-state index >= 15 is 0 Å². The van der Waals surface area contributed by atoms with E-state index in [-0.39, 0.29) is 24.5 Å². The first-order chi connectivity index (χ1) is 13.7. The molecule has 7 nitrogen and oxygen atoms in total. The summed E-state index contributed by atoms with van der Waals surface area (Å²) in [7, 11) is -2.00. The van der Waals surface area contributed by atoms with E-state index in [1.54, 1.807) is 0 Å². The number of rotatable bonds is 10. The van der Waals surface area contributed by atoms with Crippen LogP contribution < -0.4 is 16.4 Å². The lowest BCUT2D eigenvalue weighted by molar-refractivity contribution is -0.131. The minimum absolute atomic E-state index is 0.0180. The quantitative estimate of drug-likeness (QED) is 0.486. The van der Waals surface area contributed by atoms with Gasteiger partial charge in [0.1, 0.15) is 17.9 Å². The van der Waals surface area contributed by atoms with Crippen LogP contribution in [0.1, 0.15) is 39.7 Å². The lowest BCUT2D eigenvalue weighted by Gasteiger charge is -2.36. The van der Waals surface area contributed by atoms with Crippen LogP contribution in [-0.4, -0.2) is 44.7 Å². The second kappa shape index (κ2) is 10.7. The topological polar surface area (TPSA) is 111 Å². The molecule has 30 heavy (non-hydrogen) atoms. The maximum absolute atomic E-state index is 13.1. The maximum Gasteiger partial charge on any atom is 0.243 e. The number of primary amides is 1. The fourth-order valence-corrected chi connectivity index (χ4v) is 3.58. The summed E-state index contributed by atoms with van der Waals surface area (Å²) in [5, 5.41) is 5.20. The van der Waals surface area contributed by atoms with E-state index in [4.69, 9.17) is 10.2 Å². The summed E-state index contributed by atoms with van der Waals surface area (Å²) in [6.07, 6.45) is 0.383. The summed E-state index contributed by atoms with van der Waals surface area (Å²) in [5.74, 6) is -2.00. The fourth-order valence-electron chi connectivity index (χ4n) is 2.52. The highest BCUT2D eigenvalue weighted by molar-refractivity contribution is 6.74. The highest BCUT2D eigenvalue weighted by atomic mass is 28.4. The lowest BCUT2D eigenvalue weighted by atomic mass is 10.0. The Balaban J connectivity index is 2.80. The standard InChI is InChI=1S/C21H34FN3O4Si/c1-14(26)24-18(13-15-7-9-16(22)10-8-15)20(28)25-17(19(23)27)11-12-29-30(5,6)21(2,3)4/h7-10,17-18H,11-13H2,1-6H3,(H2,23,27)(H,24,26)(H,25,28)/t17-,18+/m1/s1. The Morgan fingerprint density at radius 1 is 1.10 bits per heavy atom. The smallest absolute Gasteiger partial charge is 0.243 e. The molecule has 0 unspecified atom stereocenters. The van der Waals surface area contributed by atoms with Gasteiger partial charge in [0, 0.05) is 20.0 Å². The molecular weight excluding hydrogens is 405 g/mol. The minimum atomic E-state index is -2.00. The summed E-state index contributed by atoms with van der Waals surface area (Å²) < 4.78 is 19.2. The van der Waals surface area contributed by atoms with Crippen molar-refractivity contribution in [3.05, 3.63) is 35.6 Å². The molecule has 3 amide bonds. The zero-order valence-electron chi connectivity index (χ0n) is 18.7. The van der Waals surface area contributed by atoms with Crippen LogP contribution in [-0.2, 0) is 25.2 Å². The Bertz CT molecular complexity index is 748. The van der Waals surface area contributed by atoms with Crippen molar-refractivity contribution >= 4 is 26.0 Å². The van der Waals surface area contributed by atoms with Gasteiger partial charge in [0.05, 0.1) is 0 Å². The van der Waals surface area contributed by atoms with E-state index in [9.17, 15) is 18.8 Å². The molecule has 1 rings (SSSR count). The number of hydrogen-bond acceptors (Lipinski definition) is 4. The van der Waals surface area contributed by atoms with E-state index in [1.165, 1.54) is 31.2 Å². The predicted octanol–water partition coefficient (Wildman–Crippen LogP) is 2.25. The van der Waals surface area contributed by atoms with Gasteiger partial charge in [-0.25, -0.2) is 4.39 Å². The second-order valence-corrected chi connectivity index (χ2v) is 13.8. The molecule has 0 bridgehead atoms. The summed E-state index contributed by atoms with van der Waals surface area (Å²) in [4.78, 5) is 36.1. The Morgan fingerprint density at radius 2 is 1.67 bits per heavy atom. The van der Waals surface area contributed by atoms with Crippen molar-refractivity contribution in [2.45, 2.75) is 70.8 Å². The molecule has 2 atom stereocenters. The molecule has 0 aliphatic heterocycles. The van der Waals surface area contributed by atoms with Gasteiger partial charge >= 0.3 is 0 Å². The van der Waals surface area contributed by atoms with Gasteiger partial charge in [-0.1, -0.05) is 32.9 Å². The monoisotopic (exact) mass is 439 g/mol. The molecule has 0 aromatic heterocycles. The number of nitrogens with one attached hydrogen (secondary N) is 2. The van der Waals surface area contributed by atoms with Crippen LogP contribution in [0.5, 0.6) is 0 Å². The van der Waals surface area contributed by atoms with Crippen molar-refractivity contribution in [1.29, 1.82) is 0 Å². The van der Waals surface area contributed by atoms with Gasteiger partial charge in [-0.3, -0.25) is 14.4 Å².